The molecule has 2 rings (SSSR count). The van der Waals surface area contributed by atoms with Gasteiger partial charge in [-0.2, -0.15) is 0 Å². The first-order chi connectivity index (χ1) is 9.11. The first kappa shape index (κ1) is 13.8. The number of nitrogens with zero attached hydrogens (tertiary/aromatic N) is 1. The van der Waals surface area contributed by atoms with E-state index in [2.05, 4.69) is 4.98 Å². The van der Waals surface area contributed by atoms with Crippen molar-refractivity contribution in [2.24, 2.45) is 5.73 Å². The van der Waals surface area contributed by atoms with Gasteiger partial charge in [-0.3, -0.25) is 4.98 Å². The van der Waals surface area contributed by atoms with Crippen LogP contribution in [0.3, 0.4) is 0 Å². The summed E-state index contributed by atoms with van der Waals surface area (Å²) in [5, 5.41) is 0. The van der Waals surface area contributed by atoms with Gasteiger partial charge in [-0.05, 0) is 31.5 Å². The van der Waals surface area contributed by atoms with Crippen LogP contribution in [0.2, 0.25) is 0 Å². The third-order valence-electron chi connectivity index (χ3n) is 2.67. The van der Waals surface area contributed by atoms with Crippen molar-refractivity contribution in [2.45, 2.75) is 26.0 Å². The van der Waals surface area contributed by atoms with E-state index in [4.69, 9.17) is 15.2 Å². The van der Waals surface area contributed by atoms with E-state index in [0.717, 1.165) is 16.2 Å². The molecule has 1 atom stereocenters. The smallest absolute Gasteiger partial charge is 0.161 e. The number of ether oxygens (including phenoxy) is 2. The fourth-order valence-corrected chi connectivity index (χ4v) is 2.42. The van der Waals surface area contributed by atoms with Crippen molar-refractivity contribution >= 4 is 11.3 Å². The molecule has 0 radical (unpaired) electrons. The normalized spacial score (nSPS) is 12.5. The Balaban J connectivity index is 2.31. The van der Waals surface area contributed by atoms with E-state index >= 15 is 0 Å². The Kier molecular flexibility index (Phi) is 4.39. The molecule has 5 heteroatoms. The van der Waals surface area contributed by atoms with Crippen molar-refractivity contribution in [2.75, 3.05) is 7.11 Å². The van der Waals surface area contributed by atoms with Gasteiger partial charge < -0.3 is 15.2 Å². The van der Waals surface area contributed by atoms with E-state index in [-0.39, 0.29) is 12.1 Å². The average Bonchev–Trinajstić information content (AvgIpc) is 2.91. The van der Waals surface area contributed by atoms with E-state index in [0.29, 0.717) is 5.75 Å². The second-order valence-corrected chi connectivity index (χ2v) is 5.38. The van der Waals surface area contributed by atoms with Crippen molar-refractivity contribution < 1.29 is 9.47 Å². The zero-order valence-electron chi connectivity index (χ0n) is 11.3. The van der Waals surface area contributed by atoms with Crippen LogP contribution < -0.4 is 15.2 Å². The molecule has 1 aromatic heterocycles. The van der Waals surface area contributed by atoms with Gasteiger partial charge in [0.2, 0.25) is 0 Å². The summed E-state index contributed by atoms with van der Waals surface area (Å²) in [6.45, 7) is 3.96. The maximum absolute atomic E-state index is 6.23. The molecule has 0 aliphatic heterocycles. The van der Waals surface area contributed by atoms with Crippen molar-refractivity contribution in [1.29, 1.82) is 0 Å². The van der Waals surface area contributed by atoms with Crippen molar-refractivity contribution in [3.63, 3.8) is 0 Å². The summed E-state index contributed by atoms with van der Waals surface area (Å²) in [4.78, 5) is 5.08. The summed E-state index contributed by atoms with van der Waals surface area (Å²) in [5.41, 5.74) is 8.99. The van der Waals surface area contributed by atoms with E-state index in [9.17, 15) is 0 Å². The molecule has 0 aliphatic carbocycles. The lowest BCUT2D eigenvalue weighted by molar-refractivity contribution is 0.230. The molecule has 1 heterocycles. The van der Waals surface area contributed by atoms with E-state index < -0.39 is 0 Å². The van der Waals surface area contributed by atoms with Crippen molar-refractivity contribution in [3.05, 3.63) is 40.3 Å². The number of rotatable bonds is 5. The fraction of sp³-hybridized carbons (Fsp3) is 0.357. The maximum Gasteiger partial charge on any atom is 0.161 e. The molecule has 1 unspecified atom stereocenters. The monoisotopic (exact) mass is 278 g/mol. The Hall–Kier alpha value is -1.59. The molecule has 2 N–H and O–H groups in total. The zero-order chi connectivity index (χ0) is 13.8. The number of hydrogen-bond acceptors (Lipinski definition) is 5. The molecular weight excluding hydrogens is 260 g/mol. The summed E-state index contributed by atoms with van der Waals surface area (Å²) in [6, 6.07) is 5.58. The predicted molar refractivity (Wildman–Crippen MR) is 76.9 cm³/mol. The number of methoxy groups -OCH3 is 1. The SMILES string of the molecule is COc1ccc(C(N)c2cncs2)cc1OC(C)C. The minimum Gasteiger partial charge on any atom is -0.493 e. The predicted octanol–water partition coefficient (Wildman–Crippen LogP) is 2.99. The fourth-order valence-electron chi connectivity index (χ4n) is 1.78. The first-order valence-corrected chi connectivity index (χ1v) is 6.98. The van der Waals surface area contributed by atoms with Gasteiger partial charge in [-0.15, -0.1) is 11.3 Å². The van der Waals surface area contributed by atoms with Gasteiger partial charge in [0.25, 0.3) is 0 Å². The highest BCUT2D eigenvalue weighted by atomic mass is 32.1. The molecular formula is C14H18N2O2S. The topological polar surface area (TPSA) is 57.4 Å². The highest BCUT2D eigenvalue weighted by Crippen LogP contribution is 2.32. The molecule has 102 valence electrons. The minimum absolute atomic E-state index is 0.0868. The largest absolute Gasteiger partial charge is 0.493 e. The van der Waals surface area contributed by atoms with Crippen LogP contribution in [0.5, 0.6) is 11.5 Å². The second kappa shape index (κ2) is 6.04. The molecule has 2 aromatic rings. The molecule has 0 spiro atoms. The lowest BCUT2D eigenvalue weighted by Gasteiger charge is -2.16. The quantitative estimate of drug-likeness (QED) is 0.913. The highest BCUT2D eigenvalue weighted by Gasteiger charge is 2.14. The molecule has 19 heavy (non-hydrogen) atoms. The van der Waals surface area contributed by atoms with E-state index in [1.165, 1.54) is 0 Å². The molecule has 0 saturated carbocycles. The Labute approximate surface area is 117 Å². The lowest BCUT2D eigenvalue weighted by Crippen LogP contribution is -2.12. The van der Waals surface area contributed by atoms with Crippen LogP contribution in [0.25, 0.3) is 0 Å². The van der Waals surface area contributed by atoms with Crippen LogP contribution in [0.4, 0.5) is 0 Å². The molecule has 0 bridgehead atoms. The summed E-state index contributed by atoms with van der Waals surface area (Å²) in [5.74, 6) is 1.43. The number of thiazole rings is 1. The van der Waals surface area contributed by atoms with Gasteiger partial charge in [0, 0.05) is 11.1 Å². The molecule has 0 saturated heterocycles. The molecule has 0 fully saturated rings. The zero-order valence-corrected chi connectivity index (χ0v) is 12.1. The van der Waals surface area contributed by atoms with Crippen LogP contribution in [0, 0.1) is 0 Å². The summed E-state index contributed by atoms with van der Waals surface area (Å²) >= 11 is 1.55. The van der Waals surface area contributed by atoms with Crippen LogP contribution in [-0.4, -0.2) is 18.2 Å². The minimum atomic E-state index is -0.187. The summed E-state index contributed by atoms with van der Waals surface area (Å²) in [7, 11) is 1.63. The van der Waals surface area contributed by atoms with Gasteiger partial charge in [-0.25, -0.2) is 0 Å². The Bertz CT molecular complexity index is 526. The van der Waals surface area contributed by atoms with Crippen LogP contribution in [0.1, 0.15) is 30.3 Å². The molecule has 4 nitrogen and oxygen atoms in total. The van der Waals surface area contributed by atoms with E-state index in [1.54, 1.807) is 30.2 Å². The maximum atomic E-state index is 6.23. The Morgan fingerprint density at radius 1 is 1.26 bits per heavy atom. The summed E-state index contributed by atoms with van der Waals surface area (Å²) < 4.78 is 11.0. The lowest BCUT2D eigenvalue weighted by atomic mass is 10.1. The summed E-state index contributed by atoms with van der Waals surface area (Å²) in [6.07, 6.45) is 1.88. The van der Waals surface area contributed by atoms with Crippen molar-refractivity contribution in [1.82, 2.24) is 4.98 Å². The Morgan fingerprint density at radius 2 is 2.05 bits per heavy atom. The number of nitrogens with two attached hydrogens (primary N) is 1. The van der Waals surface area contributed by atoms with E-state index in [1.807, 2.05) is 32.0 Å². The van der Waals surface area contributed by atoms with Crippen LogP contribution >= 0.6 is 11.3 Å². The highest BCUT2D eigenvalue weighted by molar-refractivity contribution is 7.09. The van der Waals surface area contributed by atoms with Crippen LogP contribution in [0.15, 0.2) is 29.9 Å². The molecule has 0 aliphatic rings. The number of aromatic nitrogens is 1. The van der Waals surface area contributed by atoms with Gasteiger partial charge >= 0.3 is 0 Å². The van der Waals surface area contributed by atoms with Crippen molar-refractivity contribution in [3.8, 4) is 11.5 Å². The average molecular weight is 278 g/mol. The van der Waals surface area contributed by atoms with Crippen LogP contribution in [-0.2, 0) is 0 Å². The number of benzene rings is 1. The molecule has 1 aromatic carbocycles. The van der Waals surface area contributed by atoms with Gasteiger partial charge in [0.15, 0.2) is 11.5 Å². The standard InChI is InChI=1S/C14H18N2O2S/c1-9(2)18-12-6-10(4-5-11(12)17-3)14(15)13-7-16-8-19-13/h4-9,14H,15H2,1-3H3. The first-order valence-electron chi connectivity index (χ1n) is 6.10. The Morgan fingerprint density at radius 3 is 2.63 bits per heavy atom. The second-order valence-electron chi connectivity index (χ2n) is 4.46. The van der Waals surface area contributed by atoms with Gasteiger partial charge in [0.05, 0.1) is 24.8 Å². The van der Waals surface area contributed by atoms with Gasteiger partial charge in [-0.1, -0.05) is 6.07 Å². The third-order valence-corrected chi connectivity index (χ3v) is 3.53. The molecule has 0 amide bonds. The third kappa shape index (κ3) is 3.24. The number of hydrogen-bond donors (Lipinski definition) is 1. The van der Waals surface area contributed by atoms with Gasteiger partial charge in [0.1, 0.15) is 0 Å².